The van der Waals surface area contributed by atoms with Crippen LogP contribution in [0.3, 0.4) is 0 Å². The molecular weight excluding hydrogens is 277 g/mol. The van der Waals surface area contributed by atoms with Crippen LogP contribution in [0.15, 0.2) is 42.5 Å². The van der Waals surface area contributed by atoms with E-state index < -0.39 is 11.7 Å². The quantitative estimate of drug-likeness (QED) is 0.825. The third-order valence-electron chi connectivity index (χ3n) is 3.76. The van der Waals surface area contributed by atoms with Crippen molar-refractivity contribution < 1.29 is 13.2 Å². The van der Waals surface area contributed by atoms with E-state index in [1.807, 2.05) is 24.3 Å². The van der Waals surface area contributed by atoms with E-state index in [0.29, 0.717) is 0 Å². The highest BCUT2D eigenvalue weighted by Gasteiger charge is 2.34. The van der Waals surface area contributed by atoms with E-state index >= 15 is 0 Å². The fourth-order valence-electron chi connectivity index (χ4n) is 2.80. The van der Waals surface area contributed by atoms with Crippen molar-refractivity contribution in [1.82, 2.24) is 0 Å². The summed E-state index contributed by atoms with van der Waals surface area (Å²) < 4.78 is 39.2. The minimum Gasteiger partial charge on any atom is -0.399 e. The summed E-state index contributed by atoms with van der Waals surface area (Å²) in [5.74, 6) is 0. The molecule has 2 nitrogen and oxygen atoms in total. The van der Waals surface area contributed by atoms with Crippen molar-refractivity contribution in [3.8, 4) is 0 Å². The van der Waals surface area contributed by atoms with Gasteiger partial charge in [-0.1, -0.05) is 24.3 Å². The van der Waals surface area contributed by atoms with Crippen LogP contribution in [-0.2, 0) is 19.0 Å². The van der Waals surface area contributed by atoms with E-state index in [2.05, 4.69) is 5.32 Å². The van der Waals surface area contributed by atoms with Crippen molar-refractivity contribution in [2.75, 3.05) is 11.1 Å². The van der Waals surface area contributed by atoms with Gasteiger partial charge >= 0.3 is 6.18 Å². The van der Waals surface area contributed by atoms with Crippen molar-refractivity contribution in [2.45, 2.75) is 25.1 Å². The van der Waals surface area contributed by atoms with Crippen LogP contribution in [0.5, 0.6) is 0 Å². The van der Waals surface area contributed by atoms with E-state index in [9.17, 15) is 13.2 Å². The lowest BCUT2D eigenvalue weighted by Crippen LogP contribution is -2.22. The Morgan fingerprint density at radius 3 is 2.19 bits per heavy atom. The SMILES string of the molecule is Nc1ccc(NC2Cc3ccccc3C2)c(C(F)(F)F)c1. The van der Waals surface area contributed by atoms with Gasteiger partial charge in [-0.2, -0.15) is 13.2 Å². The first kappa shape index (κ1) is 13.8. The van der Waals surface area contributed by atoms with Crippen molar-refractivity contribution >= 4 is 11.4 Å². The third-order valence-corrected chi connectivity index (χ3v) is 3.76. The number of nitrogens with two attached hydrogens (primary N) is 1. The maximum absolute atomic E-state index is 13.1. The number of benzene rings is 2. The van der Waals surface area contributed by atoms with Crippen LogP contribution in [0.4, 0.5) is 24.5 Å². The predicted molar refractivity (Wildman–Crippen MR) is 77.1 cm³/mol. The summed E-state index contributed by atoms with van der Waals surface area (Å²) in [6.45, 7) is 0. The molecular formula is C16H15F3N2. The number of nitrogen functional groups attached to an aromatic ring is 1. The lowest BCUT2D eigenvalue weighted by molar-refractivity contribution is -0.136. The first-order valence-electron chi connectivity index (χ1n) is 6.73. The molecule has 5 heteroatoms. The monoisotopic (exact) mass is 292 g/mol. The summed E-state index contributed by atoms with van der Waals surface area (Å²) in [4.78, 5) is 0. The van der Waals surface area contributed by atoms with Gasteiger partial charge in [-0.3, -0.25) is 0 Å². The molecule has 1 aliphatic rings. The number of rotatable bonds is 2. The molecule has 21 heavy (non-hydrogen) atoms. The van der Waals surface area contributed by atoms with Gasteiger partial charge in [0.1, 0.15) is 0 Å². The normalized spacial score (nSPS) is 15.0. The standard InChI is InChI=1S/C16H15F3N2/c17-16(18,19)14-9-12(20)5-6-15(14)21-13-7-10-3-1-2-4-11(10)8-13/h1-6,9,13,21H,7-8,20H2. The zero-order chi connectivity index (χ0) is 15.0. The van der Waals surface area contributed by atoms with Crippen molar-refractivity contribution in [3.05, 3.63) is 59.2 Å². The van der Waals surface area contributed by atoms with E-state index in [1.165, 1.54) is 23.3 Å². The molecule has 2 aromatic rings. The Kier molecular flexibility index (Phi) is 3.27. The van der Waals surface area contributed by atoms with Crippen LogP contribution in [-0.4, -0.2) is 6.04 Å². The van der Waals surface area contributed by atoms with Crippen molar-refractivity contribution in [3.63, 3.8) is 0 Å². The van der Waals surface area contributed by atoms with Gasteiger partial charge in [0.05, 0.1) is 5.56 Å². The molecule has 0 saturated heterocycles. The summed E-state index contributed by atoms with van der Waals surface area (Å²) in [6, 6.07) is 11.8. The first-order chi connectivity index (χ1) is 9.93. The summed E-state index contributed by atoms with van der Waals surface area (Å²) in [5, 5.41) is 3.01. The molecule has 0 fully saturated rings. The first-order valence-corrected chi connectivity index (χ1v) is 6.73. The lowest BCUT2D eigenvalue weighted by atomic mass is 10.1. The highest BCUT2D eigenvalue weighted by molar-refractivity contribution is 5.60. The molecule has 0 radical (unpaired) electrons. The van der Waals surface area contributed by atoms with Gasteiger partial charge in [-0.25, -0.2) is 0 Å². The minimum atomic E-state index is -4.41. The van der Waals surface area contributed by atoms with Gasteiger partial charge < -0.3 is 11.1 Å². The number of nitrogens with one attached hydrogen (secondary N) is 1. The minimum absolute atomic E-state index is 0.0212. The topological polar surface area (TPSA) is 38.0 Å². The average molecular weight is 292 g/mol. The Hall–Kier alpha value is -2.17. The zero-order valence-corrected chi connectivity index (χ0v) is 11.2. The predicted octanol–water partition coefficient (Wildman–Crippen LogP) is 3.87. The van der Waals surface area contributed by atoms with Crippen LogP contribution in [0.25, 0.3) is 0 Å². The van der Waals surface area contributed by atoms with Crippen LogP contribution in [0.1, 0.15) is 16.7 Å². The molecule has 0 amide bonds. The maximum Gasteiger partial charge on any atom is 0.418 e. The molecule has 0 heterocycles. The van der Waals surface area contributed by atoms with Gasteiger partial charge in [-0.15, -0.1) is 0 Å². The van der Waals surface area contributed by atoms with E-state index in [0.717, 1.165) is 18.9 Å². The number of anilines is 2. The molecule has 3 rings (SSSR count). The number of hydrogen-bond donors (Lipinski definition) is 2. The van der Waals surface area contributed by atoms with Gasteiger partial charge in [0.15, 0.2) is 0 Å². The smallest absolute Gasteiger partial charge is 0.399 e. The van der Waals surface area contributed by atoms with Gasteiger partial charge in [0.2, 0.25) is 0 Å². The van der Waals surface area contributed by atoms with Crippen LogP contribution in [0.2, 0.25) is 0 Å². The molecule has 0 bridgehead atoms. The van der Waals surface area contributed by atoms with Crippen LogP contribution >= 0.6 is 0 Å². The molecule has 110 valence electrons. The van der Waals surface area contributed by atoms with Crippen molar-refractivity contribution in [1.29, 1.82) is 0 Å². The fourth-order valence-corrected chi connectivity index (χ4v) is 2.80. The summed E-state index contributed by atoms with van der Waals surface area (Å²) >= 11 is 0. The van der Waals surface area contributed by atoms with E-state index in [1.54, 1.807) is 0 Å². The van der Waals surface area contributed by atoms with Gasteiger partial charge in [0.25, 0.3) is 0 Å². The molecule has 0 aromatic heterocycles. The fraction of sp³-hybridized carbons (Fsp3) is 0.250. The van der Waals surface area contributed by atoms with Gasteiger partial charge in [0, 0.05) is 17.4 Å². The summed E-state index contributed by atoms with van der Waals surface area (Å²) in [5.41, 5.74) is 7.36. The zero-order valence-electron chi connectivity index (χ0n) is 11.2. The number of hydrogen-bond acceptors (Lipinski definition) is 2. The van der Waals surface area contributed by atoms with E-state index in [4.69, 9.17) is 5.73 Å². The third kappa shape index (κ3) is 2.82. The summed E-state index contributed by atoms with van der Waals surface area (Å²) in [6.07, 6.45) is -2.95. The molecule has 0 unspecified atom stereocenters. The number of alkyl halides is 3. The lowest BCUT2D eigenvalue weighted by Gasteiger charge is -2.19. The molecule has 3 N–H and O–H groups in total. The number of halogens is 3. The molecule has 0 aliphatic heterocycles. The maximum atomic E-state index is 13.1. The molecule has 0 saturated carbocycles. The van der Waals surface area contributed by atoms with Gasteiger partial charge in [-0.05, 0) is 42.2 Å². The highest BCUT2D eigenvalue weighted by Crippen LogP contribution is 2.37. The van der Waals surface area contributed by atoms with Crippen LogP contribution in [0, 0.1) is 0 Å². The molecule has 2 aromatic carbocycles. The molecule has 0 spiro atoms. The Bertz CT molecular complexity index is 640. The Balaban J connectivity index is 1.84. The number of fused-ring (bicyclic) bond motifs is 1. The second kappa shape index (κ2) is 4.98. The molecule has 0 atom stereocenters. The van der Waals surface area contributed by atoms with Crippen LogP contribution < -0.4 is 11.1 Å². The molecule has 1 aliphatic carbocycles. The Morgan fingerprint density at radius 2 is 1.62 bits per heavy atom. The second-order valence-electron chi connectivity index (χ2n) is 5.32. The second-order valence-corrected chi connectivity index (χ2v) is 5.32. The average Bonchev–Trinajstić information content (AvgIpc) is 2.82. The van der Waals surface area contributed by atoms with Crippen molar-refractivity contribution in [2.24, 2.45) is 0 Å². The summed E-state index contributed by atoms with van der Waals surface area (Å²) in [7, 11) is 0. The largest absolute Gasteiger partial charge is 0.418 e. The highest BCUT2D eigenvalue weighted by atomic mass is 19.4. The van der Waals surface area contributed by atoms with E-state index in [-0.39, 0.29) is 17.4 Å². The Morgan fingerprint density at radius 1 is 1.00 bits per heavy atom. The Labute approximate surface area is 120 Å².